The van der Waals surface area contributed by atoms with Crippen molar-refractivity contribution in [3.8, 4) is 5.75 Å². The molecule has 0 saturated heterocycles. The maximum Gasteiger partial charge on any atom is 0.319 e. The quantitative estimate of drug-likeness (QED) is 0.777. The van der Waals surface area contributed by atoms with Gasteiger partial charge in [-0.25, -0.2) is 4.79 Å². The molecule has 0 aliphatic rings. The number of hydrogen-bond donors (Lipinski definition) is 3. The van der Waals surface area contributed by atoms with Gasteiger partial charge in [0, 0.05) is 17.1 Å². The van der Waals surface area contributed by atoms with E-state index < -0.39 is 0 Å². The van der Waals surface area contributed by atoms with Crippen LogP contribution in [0.4, 0.5) is 10.5 Å². The fourth-order valence-corrected chi connectivity index (χ4v) is 1.80. The van der Waals surface area contributed by atoms with Crippen LogP contribution >= 0.6 is 15.9 Å². The average Bonchev–Trinajstić information content (AvgIpc) is 2.37. The van der Waals surface area contributed by atoms with Crippen LogP contribution in [0.25, 0.3) is 0 Å². The molecule has 0 heterocycles. The number of nitrogens with one attached hydrogen (secondary N) is 2. The second-order valence-corrected chi connectivity index (χ2v) is 5.31. The summed E-state index contributed by atoms with van der Waals surface area (Å²) >= 11 is 3.34. The lowest BCUT2D eigenvalue weighted by Gasteiger charge is -2.20. The van der Waals surface area contributed by atoms with Gasteiger partial charge >= 0.3 is 6.03 Å². The van der Waals surface area contributed by atoms with Crippen molar-refractivity contribution in [1.29, 1.82) is 0 Å². The minimum atomic E-state index is -0.329. The Balaban J connectivity index is 2.69. The van der Waals surface area contributed by atoms with Crippen molar-refractivity contribution in [3.05, 3.63) is 22.7 Å². The van der Waals surface area contributed by atoms with E-state index in [1.165, 1.54) is 0 Å². The number of urea groups is 1. The van der Waals surface area contributed by atoms with Crippen molar-refractivity contribution in [3.63, 3.8) is 0 Å². The lowest BCUT2D eigenvalue weighted by atomic mass is 10.1. The maximum atomic E-state index is 11.8. The molecular formula is C13H19BrN2O3. The molecule has 106 valence electrons. The second-order valence-electron chi connectivity index (χ2n) is 4.39. The summed E-state index contributed by atoms with van der Waals surface area (Å²) in [6.07, 6.45) is 0. The van der Waals surface area contributed by atoms with E-state index in [1.807, 2.05) is 19.9 Å². The number of anilines is 1. The summed E-state index contributed by atoms with van der Waals surface area (Å²) < 4.78 is 6.02. The monoisotopic (exact) mass is 330 g/mol. The summed E-state index contributed by atoms with van der Waals surface area (Å²) in [5, 5.41) is 14.5. The van der Waals surface area contributed by atoms with Crippen molar-refractivity contribution < 1.29 is 14.6 Å². The number of carbonyl (C=O) groups excluding carboxylic acids is 1. The summed E-state index contributed by atoms with van der Waals surface area (Å²) in [5.74, 6) is 0.580. The van der Waals surface area contributed by atoms with Crippen molar-refractivity contribution in [2.45, 2.75) is 19.9 Å². The number of hydrogen-bond acceptors (Lipinski definition) is 3. The van der Waals surface area contributed by atoms with Crippen molar-refractivity contribution in [2.24, 2.45) is 5.92 Å². The Morgan fingerprint density at radius 1 is 1.47 bits per heavy atom. The zero-order valence-corrected chi connectivity index (χ0v) is 12.8. The molecule has 5 nitrogen and oxygen atoms in total. The molecule has 0 aliphatic heterocycles. The van der Waals surface area contributed by atoms with Crippen molar-refractivity contribution in [1.82, 2.24) is 5.32 Å². The average molecular weight is 331 g/mol. The molecular weight excluding hydrogens is 312 g/mol. The minimum absolute atomic E-state index is 0.00449. The topological polar surface area (TPSA) is 70.6 Å². The Kier molecular flexibility index (Phi) is 6.11. The van der Waals surface area contributed by atoms with Gasteiger partial charge in [0.05, 0.1) is 12.8 Å². The van der Waals surface area contributed by atoms with Crippen LogP contribution in [-0.4, -0.2) is 30.9 Å². The fourth-order valence-electron chi connectivity index (χ4n) is 1.44. The Morgan fingerprint density at radius 3 is 2.74 bits per heavy atom. The first-order chi connectivity index (χ1) is 8.97. The summed E-state index contributed by atoms with van der Waals surface area (Å²) in [6.45, 7) is 3.74. The zero-order chi connectivity index (χ0) is 14.4. The Labute approximate surface area is 121 Å². The first-order valence-corrected chi connectivity index (χ1v) is 6.79. The van der Waals surface area contributed by atoms with Gasteiger partial charge < -0.3 is 20.5 Å². The van der Waals surface area contributed by atoms with Crippen LogP contribution in [0.1, 0.15) is 13.8 Å². The number of ether oxygens (including phenoxy) is 1. The van der Waals surface area contributed by atoms with Gasteiger partial charge in [0.15, 0.2) is 0 Å². The van der Waals surface area contributed by atoms with Gasteiger partial charge in [0.25, 0.3) is 0 Å². The number of rotatable bonds is 5. The van der Waals surface area contributed by atoms with Crippen molar-refractivity contribution >= 4 is 27.6 Å². The van der Waals surface area contributed by atoms with Gasteiger partial charge in [0.1, 0.15) is 5.75 Å². The summed E-state index contributed by atoms with van der Waals surface area (Å²) in [6, 6.07) is 4.91. The highest BCUT2D eigenvalue weighted by molar-refractivity contribution is 9.10. The molecule has 0 unspecified atom stereocenters. The molecule has 1 aromatic rings. The van der Waals surface area contributed by atoms with E-state index in [4.69, 9.17) is 9.84 Å². The van der Waals surface area contributed by atoms with Crippen LogP contribution in [0.3, 0.4) is 0 Å². The predicted molar refractivity (Wildman–Crippen MR) is 78.6 cm³/mol. The highest BCUT2D eigenvalue weighted by Gasteiger charge is 2.15. The Hall–Kier alpha value is -1.27. The van der Waals surface area contributed by atoms with E-state index in [9.17, 15) is 4.79 Å². The Bertz CT molecular complexity index is 440. The summed E-state index contributed by atoms with van der Waals surface area (Å²) in [5.41, 5.74) is 0.582. The molecule has 2 amide bonds. The van der Waals surface area contributed by atoms with Gasteiger partial charge in [-0.15, -0.1) is 0 Å². The molecule has 19 heavy (non-hydrogen) atoms. The van der Waals surface area contributed by atoms with E-state index in [1.54, 1.807) is 19.2 Å². The number of aliphatic hydroxyl groups is 1. The molecule has 0 saturated carbocycles. The van der Waals surface area contributed by atoms with Crippen LogP contribution in [0, 0.1) is 5.92 Å². The summed E-state index contributed by atoms with van der Waals surface area (Å²) in [4.78, 5) is 11.8. The second kappa shape index (κ2) is 7.35. The van der Waals surface area contributed by atoms with Crippen LogP contribution in [-0.2, 0) is 0 Å². The smallest absolute Gasteiger partial charge is 0.319 e. The van der Waals surface area contributed by atoms with Crippen molar-refractivity contribution in [2.75, 3.05) is 19.0 Å². The molecule has 2 atom stereocenters. The molecule has 0 aromatic heterocycles. The molecule has 0 spiro atoms. The van der Waals surface area contributed by atoms with Gasteiger partial charge in [-0.1, -0.05) is 22.9 Å². The molecule has 0 bridgehead atoms. The van der Waals surface area contributed by atoms with Gasteiger partial charge in [-0.3, -0.25) is 0 Å². The molecule has 0 radical (unpaired) electrons. The number of benzene rings is 1. The van der Waals surface area contributed by atoms with E-state index in [2.05, 4.69) is 26.6 Å². The molecule has 0 fully saturated rings. The third-order valence-corrected chi connectivity index (χ3v) is 3.40. The zero-order valence-electron chi connectivity index (χ0n) is 11.2. The van der Waals surface area contributed by atoms with E-state index in [-0.39, 0.29) is 24.6 Å². The van der Waals surface area contributed by atoms with Gasteiger partial charge in [-0.2, -0.15) is 0 Å². The van der Waals surface area contributed by atoms with Crippen LogP contribution in [0.15, 0.2) is 22.7 Å². The highest BCUT2D eigenvalue weighted by Crippen LogP contribution is 2.27. The molecule has 6 heteroatoms. The third kappa shape index (κ3) is 4.72. The number of halogens is 1. The van der Waals surface area contributed by atoms with Crippen LogP contribution in [0.2, 0.25) is 0 Å². The summed E-state index contributed by atoms with van der Waals surface area (Å²) in [7, 11) is 1.54. The minimum Gasteiger partial charge on any atom is -0.495 e. The molecule has 1 aromatic carbocycles. The van der Waals surface area contributed by atoms with Crippen LogP contribution < -0.4 is 15.4 Å². The standard InChI is InChI=1S/C13H19BrN2O3/c1-8(7-17)9(2)15-13(18)16-11-6-10(14)4-5-12(11)19-3/h4-6,8-9,17H,7H2,1-3H3,(H2,15,16,18)/t8-,9+/m1/s1. The van der Waals surface area contributed by atoms with E-state index in [0.717, 1.165) is 4.47 Å². The van der Waals surface area contributed by atoms with Gasteiger partial charge in [0.2, 0.25) is 0 Å². The SMILES string of the molecule is COc1ccc(Br)cc1NC(=O)N[C@@H](C)[C@H](C)CO. The molecule has 1 rings (SSSR count). The predicted octanol–water partition coefficient (Wildman–Crippen LogP) is 2.60. The van der Waals surface area contributed by atoms with Crippen LogP contribution in [0.5, 0.6) is 5.75 Å². The first kappa shape index (κ1) is 15.8. The third-order valence-electron chi connectivity index (χ3n) is 2.91. The number of methoxy groups -OCH3 is 1. The maximum absolute atomic E-state index is 11.8. The van der Waals surface area contributed by atoms with E-state index in [0.29, 0.717) is 11.4 Å². The number of carbonyl (C=O) groups is 1. The lowest BCUT2D eigenvalue weighted by molar-refractivity contribution is 0.204. The van der Waals surface area contributed by atoms with E-state index >= 15 is 0 Å². The largest absolute Gasteiger partial charge is 0.495 e. The Morgan fingerprint density at radius 2 is 2.16 bits per heavy atom. The molecule has 0 aliphatic carbocycles. The number of amides is 2. The highest BCUT2D eigenvalue weighted by atomic mass is 79.9. The first-order valence-electron chi connectivity index (χ1n) is 5.99. The van der Waals surface area contributed by atoms with Gasteiger partial charge in [-0.05, 0) is 31.0 Å². The lowest BCUT2D eigenvalue weighted by Crippen LogP contribution is -2.40. The normalized spacial score (nSPS) is 13.5. The fraction of sp³-hybridized carbons (Fsp3) is 0.462. The number of aliphatic hydroxyl groups excluding tert-OH is 1. The molecule has 3 N–H and O–H groups in total.